The van der Waals surface area contributed by atoms with Crippen LogP contribution in [0, 0.1) is 0 Å². The molecule has 0 spiro atoms. The van der Waals surface area contributed by atoms with Crippen LogP contribution in [0.5, 0.6) is 0 Å². The van der Waals surface area contributed by atoms with Crippen LogP contribution >= 0.6 is 0 Å². The van der Waals surface area contributed by atoms with Gasteiger partial charge in [-0.1, -0.05) is 12.1 Å². The van der Waals surface area contributed by atoms with Crippen LogP contribution in [-0.2, 0) is 19.1 Å². The van der Waals surface area contributed by atoms with E-state index in [-0.39, 0.29) is 11.6 Å². The number of carbonyl (C=O) groups is 3. The van der Waals surface area contributed by atoms with Gasteiger partial charge in [0.2, 0.25) is 0 Å². The summed E-state index contributed by atoms with van der Waals surface area (Å²) in [4.78, 5) is 34.7. The van der Waals surface area contributed by atoms with Gasteiger partial charge in [0, 0.05) is 7.05 Å². The molecule has 112 valence electrons. The van der Waals surface area contributed by atoms with Gasteiger partial charge in [-0.25, -0.2) is 9.59 Å². The lowest BCUT2D eigenvalue weighted by atomic mass is 10.1. The molecule has 7 heteroatoms. The molecule has 0 aliphatic carbocycles. The Morgan fingerprint density at radius 1 is 1.10 bits per heavy atom. The Morgan fingerprint density at radius 3 is 2.33 bits per heavy atom. The first-order valence-corrected chi connectivity index (χ1v) is 5.99. The smallest absolute Gasteiger partial charge is 0.354 e. The summed E-state index contributed by atoms with van der Waals surface area (Å²) in [5.74, 6) is -1.81. The molecule has 0 saturated heterocycles. The first kappa shape index (κ1) is 16.2. The number of amides is 1. The van der Waals surface area contributed by atoms with Gasteiger partial charge in [0.05, 0.1) is 31.5 Å². The van der Waals surface area contributed by atoms with E-state index < -0.39 is 11.9 Å². The van der Waals surface area contributed by atoms with Crippen molar-refractivity contribution in [2.24, 2.45) is 0 Å². The van der Waals surface area contributed by atoms with E-state index >= 15 is 0 Å². The Labute approximate surface area is 121 Å². The second-order valence-electron chi connectivity index (χ2n) is 3.82. The average molecular weight is 292 g/mol. The van der Waals surface area contributed by atoms with Crippen molar-refractivity contribution in [3.8, 4) is 0 Å². The minimum absolute atomic E-state index is 0.138. The third-order valence-corrected chi connectivity index (χ3v) is 2.54. The van der Waals surface area contributed by atoms with Crippen LogP contribution in [0.3, 0.4) is 0 Å². The van der Waals surface area contributed by atoms with Crippen molar-refractivity contribution in [1.29, 1.82) is 0 Å². The second-order valence-corrected chi connectivity index (χ2v) is 3.82. The van der Waals surface area contributed by atoms with E-state index in [0.29, 0.717) is 11.3 Å². The van der Waals surface area contributed by atoms with Crippen LogP contribution in [0.1, 0.15) is 10.4 Å². The van der Waals surface area contributed by atoms with Gasteiger partial charge in [-0.15, -0.1) is 0 Å². The lowest BCUT2D eigenvalue weighted by Gasteiger charge is -2.12. The van der Waals surface area contributed by atoms with Gasteiger partial charge >= 0.3 is 11.9 Å². The van der Waals surface area contributed by atoms with Gasteiger partial charge in [0.1, 0.15) is 5.70 Å². The fourth-order valence-electron chi connectivity index (χ4n) is 1.50. The number of nitrogens with one attached hydrogen (secondary N) is 2. The number of para-hydroxylation sites is 1. The van der Waals surface area contributed by atoms with E-state index in [0.717, 1.165) is 6.08 Å². The van der Waals surface area contributed by atoms with Gasteiger partial charge < -0.3 is 20.1 Å². The van der Waals surface area contributed by atoms with Crippen molar-refractivity contribution in [1.82, 2.24) is 5.32 Å². The molecule has 1 amide bonds. The van der Waals surface area contributed by atoms with E-state index in [9.17, 15) is 14.4 Å². The number of hydrogen-bond donors (Lipinski definition) is 2. The van der Waals surface area contributed by atoms with E-state index in [4.69, 9.17) is 0 Å². The standard InChI is InChI=1S/C14H16N2O5/c1-15-13(18)9-6-4-5-7-10(9)16-11(14(19)21-3)8-12(17)20-2/h4-8,16H,1-3H3,(H,15,18)/b11-8+. The maximum atomic E-state index is 11.8. The van der Waals surface area contributed by atoms with Crippen LogP contribution < -0.4 is 10.6 Å². The highest BCUT2D eigenvalue weighted by molar-refractivity contribution is 6.03. The zero-order chi connectivity index (χ0) is 15.8. The average Bonchev–Trinajstić information content (AvgIpc) is 2.52. The van der Waals surface area contributed by atoms with Crippen LogP contribution in [0.25, 0.3) is 0 Å². The SMILES string of the molecule is CNC(=O)c1ccccc1N/C(=C/C(=O)OC)C(=O)OC. The molecule has 1 aromatic rings. The summed E-state index contributed by atoms with van der Waals surface area (Å²) in [5, 5.41) is 5.19. The minimum atomic E-state index is -0.757. The number of methoxy groups -OCH3 is 2. The Kier molecular flexibility index (Phi) is 5.94. The summed E-state index contributed by atoms with van der Waals surface area (Å²) in [6.45, 7) is 0. The summed E-state index contributed by atoms with van der Waals surface area (Å²) in [7, 11) is 3.86. The van der Waals surface area contributed by atoms with Crippen molar-refractivity contribution in [3.05, 3.63) is 41.6 Å². The number of benzene rings is 1. The monoisotopic (exact) mass is 292 g/mol. The number of ether oxygens (including phenoxy) is 2. The molecule has 1 aromatic carbocycles. The number of anilines is 1. The van der Waals surface area contributed by atoms with Gasteiger partial charge in [-0.3, -0.25) is 4.79 Å². The normalized spacial score (nSPS) is 10.5. The predicted molar refractivity (Wildman–Crippen MR) is 75.6 cm³/mol. The van der Waals surface area contributed by atoms with Gasteiger partial charge in [-0.2, -0.15) is 0 Å². The maximum absolute atomic E-state index is 11.8. The van der Waals surface area contributed by atoms with Crippen LogP contribution in [0.4, 0.5) is 5.69 Å². The molecule has 0 aliphatic rings. The topological polar surface area (TPSA) is 93.7 Å². The van der Waals surface area contributed by atoms with Crippen molar-refractivity contribution in [2.45, 2.75) is 0 Å². The zero-order valence-corrected chi connectivity index (χ0v) is 11.9. The van der Waals surface area contributed by atoms with Gasteiger partial charge in [-0.05, 0) is 12.1 Å². The zero-order valence-electron chi connectivity index (χ0n) is 11.9. The van der Waals surface area contributed by atoms with Gasteiger partial charge in [0.25, 0.3) is 5.91 Å². The largest absolute Gasteiger partial charge is 0.466 e. The fraction of sp³-hybridized carbons (Fsp3) is 0.214. The summed E-state index contributed by atoms with van der Waals surface area (Å²) < 4.78 is 9.05. The number of esters is 2. The molecule has 1 rings (SSSR count). The summed E-state index contributed by atoms with van der Waals surface area (Å²) in [5.41, 5.74) is 0.540. The van der Waals surface area contributed by atoms with Crippen LogP contribution in [0.2, 0.25) is 0 Å². The molecule has 0 atom stereocenters. The molecule has 0 unspecified atom stereocenters. The molecule has 0 saturated carbocycles. The molecule has 2 N–H and O–H groups in total. The molecule has 7 nitrogen and oxygen atoms in total. The number of rotatable bonds is 5. The highest BCUT2D eigenvalue weighted by atomic mass is 16.5. The summed E-state index contributed by atoms with van der Waals surface area (Å²) in [6.07, 6.45) is 0.951. The molecule has 0 radical (unpaired) electrons. The lowest BCUT2D eigenvalue weighted by Crippen LogP contribution is -2.21. The Hall–Kier alpha value is -2.83. The molecular formula is C14H16N2O5. The quantitative estimate of drug-likeness (QED) is 0.612. The van der Waals surface area contributed by atoms with Crippen molar-refractivity contribution in [2.75, 3.05) is 26.6 Å². The maximum Gasteiger partial charge on any atom is 0.354 e. The first-order valence-electron chi connectivity index (χ1n) is 5.99. The Bertz CT molecular complexity index is 580. The van der Waals surface area contributed by atoms with E-state index in [1.807, 2.05) is 0 Å². The van der Waals surface area contributed by atoms with E-state index in [1.165, 1.54) is 21.3 Å². The van der Waals surface area contributed by atoms with Crippen molar-refractivity contribution >= 4 is 23.5 Å². The highest BCUT2D eigenvalue weighted by Crippen LogP contribution is 2.17. The Morgan fingerprint density at radius 2 is 1.76 bits per heavy atom. The molecule has 0 heterocycles. The van der Waals surface area contributed by atoms with Crippen molar-refractivity contribution < 1.29 is 23.9 Å². The number of hydrogen-bond acceptors (Lipinski definition) is 6. The fourth-order valence-corrected chi connectivity index (χ4v) is 1.50. The molecule has 21 heavy (non-hydrogen) atoms. The molecule has 0 fully saturated rings. The molecule has 0 aromatic heterocycles. The molecule has 0 bridgehead atoms. The second kappa shape index (κ2) is 7.68. The summed E-state index contributed by atoms with van der Waals surface area (Å²) >= 11 is 0. The van der Waals surface area contributed by atoms with E-state index in [1.54, 1.807) is 24.3 Å². The highest BCUT2D eigenvalue weighted by Gasteiger charge is 2.16. The lowest BCUT2D eigenvalue weighted by molar-refractivity contribution is -0.138. The molecule has 0 aliphatic heterocycles. The van der Waals surface area contributed by atoms with Gasteiger partial charge in [0.15, 0.2) is 0 Å². The Balaban J connectivity index is 3.16. The van der Waals surface area contributed by atoms with Crippen LogP contribution in [0.15, 0.2) is 36.0 Å². The molecular weight excluding hydrogens is 276 g/mol. The first-order chi connectivity index (χ1) is 10.0. The third kappa shape index (κ3) is 4.34. The predicted octanol–water partition coefficient (Wildman–Crippen LogP) is 0.688. The minimum Gasteiger partial charge on any atom is -0.466 e. The van der Waals surface area contributed by atoms with Crippen molar-refractivity contribution in [3.63, 3.8) is 0 Å². The van der Waals surface area contributed by atoms with Crippen LogP contribution in [-0.4, -0.2) is 39.1 Å². The van der Waals surface area contributed by atoms with E-state index in [2.05, 4.69) is 20.1 Å². The number of carbonyl (C=O) groups excluding carboxylic acids is 3. The third-order valence-electron chi connectivity index (χ3n) is 2.54. The summed E-state index contributed by atoms with van der Waals surface area (Å²) in [6, 6.07) is 6.53.